The van der Waals surface area contributed by atoms with Gasteiger partial charge in [-0.15, -0.1) is 0 Å². The Morgan fingerprint density at radius 1 is 1.14 bits per heavy atom. The third-order valence-corrected chi connectivity index (χ3v) is 3.89. The summed E-state index contributed by atoms with van der Waals surface area (Å²) in [6.45, 7) is 1.70. The van der Waals surface area contributed by atoms with E-state index in [-0.39, 0.29) is 0 Å². The first-order valence-corrected chi connectivity index (χ1v) is 6.96. The molecule has 2 aromatic rings. The SMILES string of the molecule is CC(Nc1ccc2c3c(cccc13)CC2)C(=O)NC(N)=O. The van der Waals surface area contributed by atoms with Crippen molar-refractivity contribution in [3.05, 3.63) is 41.5 Å². The first kappa shape index (κ1) is 13.4. The lowest BCUT2D eigenvalue weighted by molar-refractivity contribution is -0.120. The first-order chi connectivity index (χ1) is 10.1. The molecule has 0 saturated carbocycles. The van der Waals surface area contributed by atoms with Crippen LogP contribution in [0.1, 0.15) is 18.1 Å². The van der Waals surface area contributed by atoms with Crippen LogP contribution in [0, 0.1) is 0 Å². The Morgan fingerprint density at radius 2 is 1.86 bits per heavy atom. The molecule has 0 aromatic heterocycles. The minimum Gasteiger partial charge on any atom is -0.373 e. The highest BCUT2D eigenvalue weighted by Gasteiger charge is 2.18. The molecule has 0 heterocycles. The Morgan fingerprint density at radius 3 is 2.57 bits per heavy atom. The van der Waals surface area contributed by atoms with Gasteiger partial charge in [-0.2, -0.15) is 0 Å². The number of hydrogen-bond donors (Lipinski definition) is 3. The lowest BCUT2D eigenvalue weighted by Crippen LogP contribution is -2.43. The van der Waals surface area contributed by atoms with Crippen molar-refractivity contribution < 1.29 is 9.59 Å². The van der Waals surface area contributed by atoms with Crippen molar-refractivity contribution in [2.45, 2.75) is 25.8 Å². The number of carbonyl (C=O) groups excluding carboxylic acids is 2. The van der Waals surface area contributed by atoms with E-state index in [0.717, 1.165) is 23.9 Å². The molecule has 0 radical (unpaired) electrons. The van der Waals surface area contributed by atoms with Crippen molar-refractivity contribution in [1.82, 2.24) is 5.32 Å². The van der Waals surface area contributed by atoms with Crippen molar-refractivity contribution in [2.75, 3.05) is 5.32 Å². The second kappa shape index (κ2) is 5.09. The van der Waals surface area contributed by atoms with Crippen molar-refractivity contribution >= 4 is 28.4 Å². The predicted molar refractivity (Wildman–Crippen MR) is 82.2 cm³/mol. The van der Waals surface area contributed by atoms with Crippen LogP contribution in [0.5, 0.6) is 0 Å². The molecule has 3 rings (SSSR count). The molecule has 1 atom stereocenters. The smallest absolute Gasteiger partial charge is 0.318 e. The normalized spacial score (nSPS) is 14.0. The Balaban J connectivity index is 1.92. The zero-order valence-corrected chi connectivity index (χ0v) is 11.8. The molecular weight excluding hydrogens is 266 g/mol. The Kier molecular flexibility index (Phi) is 3.25. The van der Waals surface area contributed by atoms with E-state index in [1.807, 2.05) is 12.1 Å². The van der Waals surface area contributed by atoms with E-state index in [0.29, 0.717) is 0 Å². The third-order valence-electron chi connectivity index (χ3n) is 3.89. The number of carbonyl (C=O) groups is 2. The third kappa shape index (κ3) is 2.42. The van der Waals surface area contributed by atoms with Gasteiger partial charge < -0.3 is 11.1 Å². The van der Waals surface area contributed by atoms with Crippen LogP contribution in [0.15, 0.2) is 30.3 Å². The molecule has 0 aliphatic heterocycles. The average molecular weight is 283 g/mol. The lowest BCUT2D eigenvalue weighted by atomic mass is 10.0. The molecule has 21 heavy (non-hydrogen) atoms. The average Bonchev–Trinajstić information content (AvgIpc) is 2.86. The molecule has 1 aliphatic carbocycles. The van der Waals surface area contributed by atoms with Gasteiger partial charge in [-0.3, -0.25) is 10.1 Å². The van der Waals surface area contributed by atoms with Gasteiger partial charge in [-0.05, 0) is 42.3 Å². The van der Waals surface area contributed by atoms with Crippen molar-refractivity contribution in [3.63, 3.8) is 0 Å². The van der Waals surface area contributed by atoms with Crippen molar-refractivity contribution in [1.29, 1.82) is 0 Å². The van der Waals surface area contributed by atoms with Crippen LogP contribution >= 0.6 is 0 Å². The fourth-order valence-electron chi connectivity index (χ4n) is 2.90. The monoisotopic (exact) mass is 283 g/mol. The number of amides is 3. The molecule has 3 amide bonds. The standard InChI is InChI=1S/C16H17N3O2/c1-9(15(20)19-16(17)21)18-13-8-7-11-6-5-10-3-2-4-12(13)14(10)11/h2-4,7-9,18H,5-6H2,1H3,(H3,17,19,20,21). The van der Waals surface area contributed by atoms with Gasteiger partial charge in [-0.25, -0.2) is 4.79 Å². The van der Waals surface area contributed by atoms with Crippen LogP contribution < -0.4 is 16.4 Å². The molecule has 2 aromatic carbocycles. The van der Waals surface area contributed by atoms with Gasteiger partial charge in [0.25, 0.3) is 0 Å². The number of imide groups is 1. The van der Waals surface area contributed by atoms with Gasteiger partial charge in [0, 0.05) is 11.1 Å². The second-order valence-corrected chi connectivity index (χ2v) is 5.33. The van der Waals surface area contributed by atoms with Gasteiger partial charge in [-0.1, -0.05) is 24.3 Å². The Hall–Kier alpha value is -2.56. The van der Waals surface area contributed by atoms with E-state index >= 15 is 0 Å². The molecule has 5 heteroatoms. The van der Waals surface area contributed by atoms with Gasteiger partial charge in [0.2, 0.25) is 5.91 Å². The van der Waals surface area contributed by atoms with E-state index < -0.39 is 18.0 Å². The summed E-state index contributed by atoms with van der Waals surface area (Å²) in [7, 11) is 0. The molecular formula is C16H17N3O2. The van der Waals surface area contributed by atoms with E-state index in [2.05, 4.69) is 28.8 Å². The summed E-state index contributed by atoms with van der Waals surface area (Å²) in [5, 5.41) is 7.63. The fourth-order valence-corrected chi connectivity index (χ4v) is 2.90. The van der Waals surface area contributed by atoms with Gasteiger partial charge in [0.1, 0.15) is 6.04 Å². The molecule has 1 unspecified atom stereocenters. The maximum atomic E-state index is 11.8. The molecule has 0 saturated heterocycles. The topological polar surface area (TPSA) is 84.2 Å². The minimum atomic E-state index is -0.839. The Labute approximate surface area is 122 Å². The van der Waals surface area contributed by atoms with E-state index in [4.69, 9.17) is 5.73 Å². The zero-order valence-electron chi connectivity index (χ0n) is 11.8. The van der Waals surface area contributed by atoms with Gasteiger partial charge in [0.05, 0.1) is 0 Å². The number of rotatable bonds is 3. The number of primary amides is 1. The number of urea groups is 1. The summed E-state index contributed by atoms with van der Waals surface area (Å²) in [5.41, 5.74) is 8.55. The highest BCUT2D eigenvalue weighted by atomic mass is 16.2. The predicted octanol–water partition coefficient (Wildman–Crippen LogP) is 1.93. The summed E-state index contributed by atoms with van der Waals surface area (Å²) < 4.78 is 0. The van der Waals surface area contributed by atoms with Crippen molar-refractivity contribution in [2.24, 2.45) is 5.73 Å². The molecule has 1 aliphatic rings. The molecule has 0 spiro atoms. The quantitative estimate of drug-likeness (QED) is 0.804. The Bertz CT molecular complexity index is 729. The van der Waals surface area contributed by atoms with Gasteiger partial charge in [0.15, 0.2) is 0 Å². The maximum Gasteiger partial charge on any atom is 0.318 e. The molecule has 4 N–H and O–H groups in total. The maximum absolute atomic E-state index is 11.8. The summed E-state index contributed by atoms with van der Waals surface area (Å²) in [4.78, 5) is 22.5. The van der Waals surface area contributed by atoms with Crippen LogP contribution in [-0.4, -0.2) is 18.0 Å². The fraction of sp³-hybridized carbons (Fsp3) is 0.250. The van der Waals surface area contributed by atoms with E-state index in [1.165, 1.54) is 16.5 Å². The number of benzene rings is 2. The molecule has 0 fully saturated rings. The number of nitrogens with two attached hydrogens (primary N) is 1. The lowest BCUT2D eigenvalue weighted by Gasteiger charge is -2.16. The largest absolute Gasteiger partial charge is 0.373 e. The number of nitrogens with one attached hydrogen (secondary N) is 2. The number of aryl methyl sites for hydroxylation is 2. The van der Waals surface area contributed by atoms with Crippen LogP contribution in [0.25, 0.3) is 10.8 Å². The van der Waals surface area contributed by atoms with Crippen LogP contribution in [0.2, 0.25) is 0 Å². The number of anilines is 1. The van der Waals surface area contributed by atoms with Crippen LogP contribution in [-0.2, 0) is 17.6 Å². The van der Waals surface area contributed by atoms with E-state index in [9.17, 15) is 9.59 Å². The summed E-state index contributed by atoms with van der Waals surface area (Å²) in [5.74, 6) is -0.439. The van der Waals surface area contributed by atoms with Crippen molar-refractivity contribution in [3.8, 4) is 0 Å². The summed E-state index contributed by atoms with van der Waals surface area (Å²) in [6, 6.07) is 8.93. The molecule has 5 nitrogen and oxygen atoms in total. The van der Waals surface area contributed by atoms with E-state index in [1.54, 1.807) is 6.92 Å². The zero-order chi connectivity index (χ0) is 15.0. The minimum absolute atomic E-state index is 0.439. The highest BCUT2D eigenvalue weighted by Crippen LogP contribution is 2.35. The molecule has 0 bridgehead atoms. The number of hydrogen-bond acceptors (Lipinski definition) is 3. The van der Waals surface area contributed by atoms with Crippen LogP contribution in [0.3, 0.4) is 0 Å². The summed E-state index contributed by atoms with van der Waals surface area (Å²) >= 11 is 0. The first-order valence-electron chi connectivity index (χ1n) is 6.96. The highest BCUT2D eigenvalue weighted by molar-refractivity contribution is 6.02. The van der Waals surface area contributed by atoms with Gasteiger partial charge >= 0.3 is 6.03 Å². The molecule has 108 valence electrons. The second-order valence-electron chi connectivity index (χ2n) is 5.33. The summed E-state index contributed by atoms with van der Waals surface area (Å²) in [6.07, 6.45) is 2.13. The van der Waals surface area contributed by atoms with Crippen LogP contribution in [0.4, 0.5) is 10.5 Å².